The number of nitrogens with zero attached hydrogens (tertiary/aromatic N) is 2. The highest BCUT2D eigenvalue weighted by atomic mass is 31.1. The summed E-state index contributed by atoms with van der Waals surface area (Å²) < 4.78 is 0. The van der Waals surface area contributed by atoms with Crippen LogP contribution in [0.4, 0.5) is 34.1 Å². The minimum atomic E-state index is -0.484. The van der Waals surface area contributed by atoms with Crippen LogP contribution in [0.25, 0.3) is 54.9 Å². The van der Waals surface area contributed by atoms with E-state index in [1.807, 2.05) is 0 Å². The van der Waals surface area contributed by atoms with Crippen molar-refractivity contribution in [1.29, 1.82) is 0 Å². The molecule has 0 aliphatic carbocycles. The third-order valence-electron chi connectivity index (χ3n) is 11.6. The summed E-state index contributed by atoms with van der Waals surface area (Å²) in [4.78, 5) is 4.89. The highest BCUT2D eigenvalue weighted by Crippen LogP contribution is 2.51. The van der Waals surface area contributed by atoms with Gasteiger partial charge in [-0.3, -0.25) is 0 Å². The van der Waals surface area contributed by atoms with Gasteiger partial charge >= 0.3 is 0 Å². The van der Waals surface area contributed by atoms with Gasteiger partial charge in [0, 0.05) is 44.3 Å². The molecule has 0 heterocycles. The molecule has 290 valence electrons. The molecule has 0 aliphatic rings. The van der Waals surface area contributed by atoms with E-state index in [4.69, 9.17) is 0 Å². The van der Waals surface area contributed by atoms with Crippen LogP contribution in [0, 0.1) is 0 Å². The maximum atomic E-state index is 4.38. The number of anilines is 6. The Labute approximate surface area is 359 Å². The van der Waals surface area contributed by atoms with Gasteiger partial charge in [-0.05, 0) is 94.0 Å². The molecule has 0 N–H and O–H groups in total. The summed E-state index contributed by atoms with van der Waals surface area (Å²) in [5.74, 6) is 0. The van der Waals surface area contributed by atoms with Crippen LogP contribution in [-0.2, 0) is 0 Å². The molecular formula is C58H44N2P+. The Bertz CT molecular complexity index is 2970. The average molecular weight is 800 g/mol. The molecular weight excluding hydrogens is 756 g/mol. The van der Waals surface area contributed by atoms with Gasteiger partial charge in [-0.15, -0.1) is 0 Å². The topological polar surface area (TPSA) is 6.48 Å². The van der Waals surface area contributed by atoms with Gasteiger partial charge in [-0.25, -0.2) is 0 Å². The number of fused-ring (bicyclic) bond motifs is 2. The molecule has 10 aromatic carbocycles. The molecule has 1 unspecified atom stereocenters. The third kappa shape index (κ3) is 7.40. The Balaban J connectivity index is 1.21. The minimum Gasteiger partial charge on any atom is -0.309 e. The van der Waals surface area contributed by atoms with Crippen LogP contribution in [0.5, 0.6) is 0 Å². The van der Waals surface area contributed by atoms with Crippen LogP contribution >= 0.6 is 7.55 Å². The van der Waals surface area contributed by atoms with E-state index >= 15 is 0 Å². The van der Waals surface area contributed by atoms with Crippen LogP contribution in [-0.4, -0.2) is 13.0 Å². The number of benzene rings is 10. The smallest absolute Gasteiger partial charge is 0.147 e. The fraction of sp³-hybridized carbons (Fsp3) is 0.0172. The van der Waals surface area contributed by atoms with Crippen LogP contribution < -0.4 is 15.1 Å². The summed E-state index contributed by atoms with van der Waals surface area (Å²) >= 11 is 0. The van der Waals surface area contributed by atoms with Gasteiger partial charge in [0.2, 0.25) is 0 Å². The van der Waals surface area contributed by atoms with Crippen LogP contribution in [0.2, 0.25) is 0 Å². The first kappa shape index (κ1) is 37.7. The van der Waals surface area contributed by atoms with E-state index in [0.29, 0.717) is 0 Å². The van der Waals surface area contributed by atoms with E-state index in [-0.39, 0.29) is 0 Å². The Kier molecular flexibility index (Phi) is 10.3. The van der Waals surface area contributed by atoms with Crippen molar-refractivity contribution < 1.29 is 0 Å². The lowest BCUT2D eigenvalue weighted by Gasteiger charge is -2.33. The van der Waals surface area contributed by atoms with Gasteiger partial charge in [-0.1, -0.05) is 176 Å². The zero-order valence-electron chi connectivity index (χ0n) is 34.1. The van der Waals surface area contributed by atoms with E-state index in [0.717, 1.165) is 55.7 Å². The Morgan fingerprint density at radius 3 is 0.770 bits per heavy atom. The largest absolute Gasteiger partial charge is 0.309 e. The van der Waals surface area contributed by atoms with Gasteiger partial charge in [0.1, 0.15) is 19.5 Å². The first-order valence-electron chi connectivity index (χ1n) is 20.8. The quantitative estimate of drug-likeness (QED) is 0.0772. The minimum absolute atomic E-state index is 0.484. The van der Waals surface area contributed by atoms with E-state index in [1.165, 1.54) is 38.7 Å². The fourth-order valence-corrected chi connectivity index (χ4v) is 9.19. The zero-order valence-corrected chi connectivity index (χ0v) is 35.0. The third-order valence-corrected chi connectivity index (χ3v) is 12.7. The van der Waals surface area contributed by atoms with Crippen LogP contribution in [0.3, 0.4) is 0 Å². The van der Waals surface area contributed by atoms with E-state index in [2.05, 4.69) is 259 Å². The van der Waals surface area contributed by atoms with Crippen molar-refractivity contribution in [3.63, 3.8) is 0 Å². The normalized spacial score (nSPS) is 11.4. The molecule has 0 aromatic heterocycles. The van der Waals surface area contributed by atoms with E-state index in [9.17, 15) is 0 Å². The van der Waals surface area contributed by atoms with E-state index < -0.39 is 7.55 Å². The molecule has 3 heteroatoms. The molecule has 2 nitrogen and oxygen atoms in total. The summed E-state index contributed by atoms with van der Waals surface area (Å²) in [6, 6.07) is 85.7. The Morgan fingerprint density at radius 1 is 0.279 bits per heavy atom. The highest BCUT2D eigenvalue weighted by Gasteiger charge is 2.26. The lowest BCUT2D eigenvalue weighted by molar-refractivity contribution is 1.29. The SMILES string of the molecule is C=[P+](C)c1ccc(N(c2ccc(-c3ccccc3)cc2)c2c3ccccc3c(N(c3ccc(-c4ccccc4)cc3)c3ccc(-c4ccccc4)cc3)c3ccccc23)cc1. The van der Waals surface area contributed by atoms with Crippen molar-refractivity contribution in [3.05, 3.63) is 237 Å². The first-order chi connectivity index (χ1) is 30.1. The van der Waals surface area contributed by atoms with Crippen molar-refractivity contribution in [3.8, 4) is 33.4 Å². The van der Waals surface area contributed by atoms with Crippen molar-refractivity contribution in [2.75, 3.05) is 16.5 Å². The number of hydrogen-bond donors (Lipinski definition) is 0. The molecule has 61 heavy (non-hydrogen) atoms. The lowest BCUT2D eigenvalue weighted by atomic mass is 9.95. The van der Waals surface area contributed by atoms with Crippen LogP contribution in [0.1, 0.15) is 0 Å². The van der Waals surface area contributed by atoms with Gasteiger partial charge in [0.05, 0.1) is 17.7 Å². The summed E-state index contributed by atoms with van der Waals surface area (Å²) in [6.07, 6.45) is 4.38. The maximum absolute atomic E-state index is 4.38. The second kappa shape index (κ2) is 16.6. The van der Waals surface area contributed by atoms with Gasteiger partial charge in [0.15, 0.2) is 0 Å². The van der Waals surface area contributed by atoms with Gasteiger partial charge < -0.3 is 9.80 Å². The molecule has 10 rings (SSSR count). The molecule has 0 aliphatic heterocycles. The molecule has 10 aromatic rings. The van der Waals surface area contributed by atoms with Gasteiger partial charge in [-0.2, -0.15) is 0 Å². The van der Waals surface area contributed by atoms with Gasteiger partial charge in [0.25, 0.3) is 0 Å². The van der Waals surface area contributed by atoms with E-state index in [1.54, 1.807) is 0 Å². The molecule has 0 spiro atoms. The molecule has 0 bridgehead atoms. The lowest BCUT2D eigenvalue weighted by Crippen LogP contribution is -2.15. The molecule has 0 fully saturated rings. The highest BCUT2D eigenvalue weighted by molar-refractivity contribution is 7.62. The Morgan fingerprint density at radius 2 is 0.508 bits per heavy atom. The molecule has 0 radical (unpaired) electrons. The summed E-state index contributed by atoms with van der Waals surface area (Å²) in [6.45, 7) is 2.21. The van der Waals surface area contributed by atoms with Crippen molar-refractivity contribution in [2.45, 2.75) is 0 Å². The maximum Gasteiger partial charge on any atom is 0.147 e. The standard InChI is InChI=1S/C58H44N2P/c1-61(2)52-40-38-51(39-41-52)60(50-36-30-47(31-37-50)44-20-10-5-11-21-44)58-55-24-14-12-22-53(55)57(54-23-13-15-25-56(54)58)59(48-32-26-45(27-33-48)42-16-6-3-7-17-42)49-34-28-46(29-35-49)43-18-8-4-9-19-43/h3-41H,1H2,2H3/q+1. The van der Waals surface area contributed by atoms with Crippen LogP contribution in [0.15, 0.2) is 237 Å². The van der Waals surface area contributed by atoms with Crippen molar-refractivity contribution in [1.82, 2.24) is 0 Å². The summed E-state index contributed by atoms with van der Waals surface area (Å²) in [7, 11) is -0.484. The zero-order chi connectivity index (χ0) is 41.1. The molecule has 1 atom stereocenters. The second-order valence-electron chi connectivity index (χ2n) is 15.4. The number of rotatable bonds is 10. The van der Waals surface area contributed by atoms with Crippen molar-refractivity contribution in [2.24, 2.45) is 0 Å². The molecule has 0 amide bonds. The summed E-state index contributed by atoms with van der Waals surface area (Å²) in [5, 5.41) is 5.92. The second-order valence-corrected chi connectivity index (χ2v) is 17.3. The molecule has 0 saturated heterocycles. The fourth-order valence-electron chi connectivity index (χ4n) is 8.54. The predicted molar refractivity (Wildman–Crippen MR) is 267 cm³/mol. The summed E-state index contributed by atoms with van der Waals surface area (Å²) in [5.41, 5.74) is 13.8. The average Bonchev–Trinajstić information content (AvgIpc) is 3.34. The van der Waals surface area contributed by atoms with Crippen molar-refractivity contribution >= 4 is 74.8 Å². The number of hydrogen-bond acceptors (Lipinski definition) is 2. The Hall–Kier alpha value is -7.51. The monoisotopic (exact) mass is 799 g/mol. The first-order valence-corrected chi connectivity index (χ1v) is 22.7. The molecule has 0 saturated carbocycles. The predicted octanol–water partition coefficient (Wildman–Crippen LogP) is 16.1.